The minimum atomic E-state index is -0.746. The smallest absolute Gasteiger partial charge is 0.276 e. The maximum atomic E-state index is 13.6. The van der Waals surface area contributed by atoms with Crippen molar-refractivity contribution in [1.82, 2.24) is 10.2 Å². The zero-order chi connectivity index (χ0) is 18.5. The summed E-state index contributed by atoms with van der Waals surface area (Å²) in [4.78, 5) is 12.2. The number of halogens is 2. The minimum Gasteiger partial charge on any atom is -0.336 e. The molecule has 2 N–H and O–H groups in total. The highest BCUT2D eigenvalue weighted by Gasteiger charge is 2.10. The molecule has 0 bridgehead atoms. The number of aromatic nitrogens is 2. The molecule has 1 aromatic heterocycles. The monoisotopic (exact) mass is 354 g/mol. The Kier molecular flexibility index (Phi) is 5.17. The molecule has 1 amide bonds. The lowest BCUT2D eigenvalue weighted by Crippen LogP contribution is -2.14. The van der Waals surface area contributed by atoms with Crippen molar-refractivity contribution in [2.75, 3.05) is 10.6 Å². The molecule has 3 aromatic rings. The molecule has 26 heavy (non-hydrogen) atoms. The highest BCUT2D eigenvalue weighted by Crippen LogP contribution is 2.19. The normalized spacial score (nSPS) is 10.4. The molecule has 1 heterocycles. The molecule has 132 valence electrons. The molecular formula is C19H16F2N4O. The second-order valence-electron chi connectivity index (χ2n) is 5.56. The number of anilines is 3. The standard InChI is InChI=1S/C19H16F2N4O/c1-2-12-3-6-14(7-4-12)22-19(26)17-9-10-18(25-24-17)23-16-8-5-13(20)11-15(16)21/h3-11H,2H2,1H3,(H,22,26)(H,23,25). The van der Waals surface area contributed by atoms with Crippen molar-refractivity contribution >= 4 is 23.1 Å². The second kappa shape index (κ2) is 7.69. The van der Waals surface area contributed by atoms with Gasteiger partial charge in [0.1, 0.15) is 11.6 Å². The Morgan fingerprint density at radius 3 is 2.38 bits per heavy atom. The summed E-state index contributed by atoms with van der Waals surface area (Å²) in [6.45, 7) is 2.05. The van der Waals surface area contributed by atoms with Gasteiger partial charge in [-0.25, -0.2) is 8.78 Å². The number of nitrogens with zero attached hydrogens (tertiary/aromatic N) is 2. The average Bonchev–Trinajstić information content (AvgIpc) is 2.65. The Hall–Kier alpha value is -3.35. The first kappa shape index (κ1) is 17.5. The first-order valence-corrected chi connectivity index (χ1v) is 8.01. The number of amides is 1. The van der Waals surface area contributed by atoms with Crippen molar-refractivity contribution in [3.63, 3.8) is 0 Å². The van der Waals surface area contributed by atoms with Crippen LogP contribution in [0.5, 0.6) is 0 Å². The summed E-state index contributed by atoms with van der Waals surface area (Å²) < 4.78 is 26.5. The van der Waals surface area contributed by atoms with E-state index in [1.807, 2.05) is 24.3 Å². The van der Waals surface area contributed by atoms with Crippen LogP contribution >= 0.6 is 0 Å². The van der Waals surface area contributed by atoms with Crippen LogP contribution in [-0.4, -0.2) is 16.1 Å². The van der Waals surface area contributed by atoms with Crippen molar-refractivity contribution in [1.29, 1.82) is 0 Å². The van der Waals surface area contributed by atoms with E-state index in [0.717, 1.165) is 18.6 Å². The van der Waals surface area contributed by atoms with Crippen LogP contribution in [0.25, 0.3) is 0 Å². The lowest BCUT2D eigenvalue weighted by molar-refractivity contribution is 0.102. The van der Waals surface area contributed by atoms with E-state index < -0.39 is 17.5 Å². The largest absolute Gasteiger partial charge is 0.336 e. The number of carbonyl (C=O) groups excluding carboxylic acids is 1. The SMILES string of the molecule is CCc1ccc(NC(=O)c2ccc(Nc3ccc(F)cc3F)nn2)cc1. The van der Waals surface area contributed by atoms with Gasteiger partial charge >= 0.3 is 0 Å². The molecule has 0 aliphatic carbocycles. The molecule has 0 saturated heterocycles. The van der Waals surface area contributed by atoms with Gasteiger partial charge in [-0.3, -0.25) is 4.79 Å². The summed E-state index contributed by atoms with van der Waals surface area (Å²) in [5.41, 5.74) is 2.01. The third-order valence-corrected chi connectivity index (χ3v) is 3.71. The summed E-state index contributed by atoms with van der Waals surface area (Å²) in [6.07, 6.45) is 0.919. The van der Waals surface area contributed by atoms with E-state index in [0.29, 0.717) is 5.69 Å². The van der Waals surface area contributed by atoms with Crippen LogP contribution in [0, 0.1) is 11.6 Å². The van der Waals surface area contributed by atoms with Gasteiger partial charge < -0.3 is 10.6 Å². The van der Waals surface area contributed by atoms with Crippen molar-refractivity contribution in [2.45, 2.75) is 13.3 Å². The Labute approximate surface area is 149 Å². The van der Waals surface area contributed by atoms with E-state index in [4.69, 9.17) is 0 Å². The van der Waals surface area contributed by atoms with Crippen molar-refractivity contribution in [2.24, 2.45) is 0 Å². The van der Waals surface area contributed by atoms with Gasteiger partial charge in [-0.05, 0) is 48.4 Å². The zero-order valence-electron chi connectivity index (χ0n) is 14.0. The van der Waals surface area contributed by atoms with E-state index in [1.165, 1.54) is 23.8 Å². The van der Waals surface area contributed by atoms with Gasteiger partial charge in [0.25, 0.3) is 5.91 Å². The fourth-order valence-corrected chi connectivity index (χ4v) is 2.27. The van der Waals surface area contributed by atoms with Crippen molar-refractivity contribution < 1.29 is 13.6 Å². The van der Waals surface area contributed by atoms with Gasteiger partial charge in [-0.1, -0.05) is 19.1 Å². The van der Waals surface area contributed by atoms with Crippen LogP contribution in [0.2, 0.25) is 0 Å². The first-order chi connectivity index (χ1) is 12.5. The van der Waals surface area contributed by atoms with E-state index in [-0.39, 0.29) is 17.2 Å². The molecule has 0 atom stereocenters. The third-order valence-electron chi connectivity index (χ3n) is 3.71. The Morgan fingerprint density at radius 2 is 1.77 bits per heavy atom. The molecule has 0 aliphatic heterocycles. The summed E-state index contributed by atoms with van der Waals surface area (Å²) >= 11 is 0. The number of carbonyl (C=O) groups is 1. The van der Waals surface area contributed by atoms with Gasteiger partial charge in [0.05, 0.1) is 5.69 Å². The maximum absolute atomic E-state index is 13.6. The Morgan fingerprint density at radius 1 is 1.00 bits per heavy atom. The molecule has 0 saturated carbocycles. The molecule has 5 nitrogen and oxygen atoms in total. The predicted octanol–water partition coefficient (Wildman–Crippen LogP) is 4.31. The first-order valence-electron chi connectivity index (χ1n) is 8.01. The van der Waals surface area contributed by atoms with Gasteiger partial charge in [-0.15, -0.1) is 10.2 Å². The molecule has 0 fully saturated rings. The van der Waals surface area contributed by atoms with E-state index in [9.17, 15) is 13.6 Å². The van der Waals surface area contributed by atoms with Gasteiger partial charge in [0, 0.05) is 11.8 Å². The number of benzene rings is 2. The number of nitrogens with one attached hydrogen (secondary N) is 2. The summed E-state index contributed by atoms with van der Waals surface area (Å²) in [5.74, 6) is -1.58. The maximum Gasteiger partial charge on any atom is 0.276 e. The topological polar surface area (TPSA) is 66.9 Å². The molecule has 3 rings (SSSR count). The van der Waals surface area contributed by atoms with E-state index in [1.54, 1.807) is 0 Å². The van der Waals surface area contributed by atoms with E-state index >= 15 is 0 Å². The van der Waals surface area contributed by atoms with Crippen LogP contribution in [0.3, 0.4) is 0 Å². The summed E-state index contributed by atoms with van der Waals surface area (Å²) in [6, 6.07) is 13.6. The van der Waals surface area contributed by atoms with Crippen LogP contribution in [0.1, 0.15) is 23.0 Å². The van der Waals surface area contributed by atoms with Crippen molar-refractivity contribution in [3.8, 4) is 0 Å². The predicted molar refractivity (Wildman–Crippen MR) is 95.4 cm³/mol. The van der Waals surface area contributed by atoms with Crippen LogP contribution in [0.4, 0.5) is 26.0 Å². The summed E-state index contributed by atoms with van der Waals surface area (Å²) in [5, 5.41) is 13.1. The molecule has 0 unspecified atom stereocenters. The number of hydrogen-bond acceptors (Lipinski definition) is 4. The second-order valence-corrected chi connectivity index (χ2v) is 5.56. The van der Waals surface area contributed by atoms with Crippen LogP contribution in [0.15, 0.2) is 54.6 Å². The highest BCUT2D eigenvalue weighted by atomic mass is 19.1. The summed E-state index contributed by atoms with van der Waals surface area (Å²) in [7, 11) is 0. The Bertz CT molecular complexity index is 912. The number of aryl methyl sites for hydroxylation is 1. The molecule has 0 spiro atoms. The fourth-order valence-electron chi connectivity index (χ4n) is 2.27. The number of hydrogen-bond donors (Lipinski definition) is 2. The van der Waals surface area contributed by atoms with Crippen LogP contribution < -0.4 is 10.6 Å². The molecular weight excluding hydrogens is 338 g/mol. The average molecular weight is 354 g/mol. The van der Waals surface area contributed by atoms with E-state index in [2.05, 4.69) is 27.8 Å². The molecule has 2 aromatic carbocycles. The number of rotatable bonds is 5. The Balaban J connectivity index is 1.67. The quantitative estimate of drug-likeness (QED) is 0.716. The van der Waals surface area contributed by atoms with Gasteiger partial charge in [-0.2, -0.15) is 0 Å². The molecule has 7 heteroatoms. The lowest BCUT2D eigenvalue weighted by atomic mass is 10.1. The lowest BCUT2D eigenvalue weighted by Gasteiger charge is -2.08. The van der Waals surface area contributed by atoms with Gasteiger partial charge in [0.2, 0.25) is 0 Å². The van der Waals surface area contributed by atoms with Crippen LogP contribution in [-0.2, 0) is 6.42 Å². The van der Waals surface area contributed by atoms with Gasteiger partial charge in [0.15, 0.2) is 11.5 Å². The fraction of sp³-hybridized carbons (Fsp3) is 0.105. The molecule has 0 aliphatic rings. The zero-order valence-corrected chi connectivity index (χ0v) is 14.0. The van der Waals surface area contributed by atoms with Crippen molar-refractivity contribution in [3.05, 3.63) is 77.5 Å². The molecule has 0 radical (unpaired) electrons. The third kappa shape index (κ3) is 4.18. The highest BCUT2D eigenvalue weighted by molar-refractivity contribution is 6.02. The minimum absolute atomic E-state index is 0.0638.